The molecule has 1 aromatic heterocycles. The predicted molar refractivity (Wildman–Crippen MR) is 107 cm³/mol. The van der Waals surface area contributed by atoms with Crippen molar-refractivity contribution in [3.8, 4) is 0 Å². The molecule has 0 spiro atoms. The normalized spacial score (nSPS) is 16.2. The van der Waals surface area contributed by atoms with Crippen molar-refractivity contribution in [3.05, 3.63) is 69.9 Å². The highest BCUT2D eigenvalue weighted by molar-refractivity contribution is 5.74. The zero-order valence-corrected chi connectivity index (χ0v) is 15.5. The van der Waals surface area contributed by atoms with E-state index in [1.807, 2.05) is 18.2 Å². The molecule has 27 heavy (non-hydrogen) atoms. The summed E-state index contributed by atoms with van der Waals surface area (Å²) in [5.41, 5.74) is 4.12. The van der Waals surface area contributed by atoms with Crippen LogP contribution in [0, 0.1) is 11.7 Å². The molecule has 0 saturated carbocycles. The number of aromatic amines is 2. The van der Waals surface area contributed by atoms with Crippen LogP contribution >= 0.6 is 0 Å². The van der Waals surface area contributed by atoms with Crippen LogP contribution in [0.2, 0.25) is 0 Å². The van der Waals surface area contributed by atoms with Gasteiger partial charge in [-0.3, -0.25) is 0 Å². The number of H-pyrrole nitrogens is 2. The van der Waals surface area contributed by atoms with Crippen LogP contribution in [0.25, 0.3) is 11.0 Å². The van der Waals surface area contributed by atoms with Crippen molar-refractivity contribution in [2.75, 3.05) is 19.6 Å². The average molecular weight is 367 g/mol. The summed E-state index contributed by atoms with van der Waals surface area (Å²) in [5, 5.41) is 0. The zero-order chi connectivity index (χ0) is 18.6. The highest BCUT2D eigenvalue weighted by atomic mass is 19.1. The number of piperidine rings is 1. The van der Waals surface area contributed by atoms with Gasteiger partial charge in [0.1, 0.15) is 5.82 Å². The summed E-state index contributed by atoms with van der Waals surface area (Å²) in [7, 11) is 0. The van der Waals surface area contributed by atoms with E-state index in [1.165, 1.54) is 24.0 Å². The number of nitrogens with one attached hydrogen (secondary N) is 2. The minimum Gasteiger partial charge on any atom is -0.306 e. The Bertz CT molecular complexity index is 936. The summed E-state index contributed by atoms with van der Waals surface area (Å²) in [5.74, 6) is 0.551. The standard InChI is InChI=1S/C22H26FN3O/c23-19-6-3-17(4-7-19)14-18-9-12-26(13-10-18)11-1-2-16-5-8-20-21(15-16)25-22(27)24-20/h3-8,15,18H,1-2,9-14H2,(H2,24,25,27). The summed E-state index contributed by atoms with van der Waals surface area (Å²) in [6.07, 6.45) is 5.65. The molecule has 5 heteroatoms. The molecule has 142 valence electrons. The summed E-state index contributed by atoms with van der Waals surface area (Å²) < 4.78 is 13.0. The minimum absolute atomic E-state index is 0.148. The Kier molecular flexibility index (Phi) is 5.39. The van der Waals surface area contributed by atoms with Gasteiger partial charge in [0.15, 0.2) is 0 Å². The third-order valence-corrected chi connectivity index (χ3v) is 5.66. The maximum Gasteiger partial charge on any atom is 0.323 e. The number of fused-ring (bicyclic) bond motifs is 1. The van der Waals surface area contributed by atoms with Crippen LogP contribution in [-0.2, 0) is 12.8 Å². The molecule has 0 amide bonds. The first-order valence-electron chi connectivity index (χ1n) is 9.83. The topological polar surface area (TPSA) is 51.9 Å². The highest BCUT2D eigenvalue weighted by Gasteiger charge is 2.19. The largest absolute Gasteiger partial charge is 0.323 e. The molecule has 1 saturated heterocycles. The molecule has 3 aromatic rings. The molecule has 1 aliphatic rings. The maximum absolute atomic E-state index is 13.0. The van der Waals surface area contributed by atoms with Crippen molar-refractivity contribution in [2.45, 2.75) is 32.1 Å². The Hall–Kier alpha value is -2.40. The van der Waals surface area contributed by atoms with Crippen LogP contribution in [0.15, 0.2) is 47.3 Å². The first-order valence-corrected chi connectivity index (χ1v) is 9.83. The predicted octanol–water partition coefficient (Wildman–Crippen LogP) is 3.88. The number of benzene rings is 2. The van der Waals surface area contributed by atoms with Gasteiger partial charge in [0, 0.05) is 0 Å². The first kappa shape index (κ1) is 18.0. The molecule has 0 unspecified atom stereocenters. The fraction of sp³-hybridized carbons (Fsp3) is 0.409. The zero-order valence-electron chi connectivity index (χ0n) is 15.5. The quantitative estimate of drug-likeness (QED) is 0.695. The number of hydrogen-bond donors (Lipinski definition) is 2. The van der Waals surface area contributed by atoms with E-state index in [0.29, 0.717) is 5.92 Å². The maximum atomic E-state index is 13.0. The molecule has 1 aliphatic heterocycles. The Balaban J connectivity index is 1.21. The number of aryl methyl sites for hydroxylation is 1. The average Bonchev–Trinajstić information content (AvgIpc) is 3.04. The molecular weight excluding hydrogens is 341 g/mol. The van der Waals surface area contributed by atoms with Gasteiger partial charge in [0.25, 0.3) is 0 Å². The molecule has 2 heterocycles. The van der Waals surface area contributed by atoms with E-state index in [4.69, 9.17) is 0 Å². The fourth-order valence-corrected chi connectivity index (χ4v) is 4.11. The van der Waals surface area contributed by atoms with Crippen molar-refractivity contribution < 1.29 is 4.39 Å². The van der Waals surface area contributed by atoms with Crippen LogP contribution in [0.1, 0.15) is 30.4 Å². The number of likely N-dealkylation sites (tertiary alicyclic amines) is 1. The number of halogens is 1. The van der Waals surface area contributed by atoms with Gasteiger partial charge in [-0.1, -0.05) is 18.2 Å². The summed E-state index contributed by atoms with van der Waals surface area (Å²) in [6, 6.07) is 13.1. The van der Waals surface area contributed by atoms with Gasteiger partial charge in [-0.2, -0.15) is 0 Å². The van der Waals surface area contributed by atoms with Gasteiger partial charge in [-0.25, -0.2) is 9.18 Å². The van der Waals surface area contributed by atoms with E-state index in [0.717, 1.165) is 49.9 Å². The van der Waals surface area contributed by atoms with Crippen LogP contribution in [0.3, 0.4) is 0 Å². The molecule has 0 radical (unpaired) electrons. The van der Waals surface area contributed by atoms with Crippen molar-refractivity contribution in [1.29, 1.82) is 0 Å². The molecule has 0 aliphatic carbocycles. The molecule has 4 nitrogen and oxygen atoms in total. The number of imidazole rings is 1. The van der Waals surface area contributed by atoms with E-state index < -0.39 is 0 Å². The molecule has 4 rings (SSSR count). The first-order chi connectivity index (χ1) is 13.2. The lowest BCUT2D eigenvalue weighted by molar-refractivity contribution is 0.182. The van der Waals surface area contributed by atoms with Crippen molar-refractivity contribution in [3.63, 3.8) is 0 Å². The van der Waals surface area contributed by atoms with Gasteiger partial charge in [-0.05, 0) is 93.0 Å². The number of rotatable bonds is 6. The number of aromatic nitrogens is 2. The Morgan fingerprint density at radius 3 is 2.44 bits per heavy atom. The number of hydrogen-bond acceptors (Lipinski definition) is 2. The van der Waals surface area contributed by atoms with Gasteiger partial charge >= 0.3 is 5.69 Å². The van der Waals surface area contributed by atoms with Gasteiger partial charge in [0.05, 0.1) is 11.0 Å². The van der Waals surface area contributed by atoms with E-state index in [-0.39, 0.29) is 11.5 Å². The second-order valence-corrected chi connectivity index (χ2v) is 7.68. The molecule has 1 fully saturated rings. The summed E-state index contributed by atoms with van der Waals surface area (Å²) in [4.78, 5) is 19.5. The molecule has 2 aromatic carbocycles. The van der Waals surface area contributed by atoms with E-state index in [9.17, 15) is 9.18 Å². The highest BCUT2D eigenvalue weighted by Crippen LogP contribution is 2.22. The molecule has 2 N–H and O–H groups in total. The third-order valence-electron chi connectivity index (χ3n) is 5.66. The van der Waals surface area contributed by atoms with Gasteiger partial charge < -0.3 is 14.9 Å². The smallest absolute Gasteiger partial charge is 0.306 e. The van der Waals surface area contributed by atoms with Crippen LogP contribution in [0.5, 0.6) is 0 Å². The Morgan fingerprint density at radius 2 is 1.67 bits per heavy atom. The van der Waals surface area contributed by atoms with E-state index in [1.54, 1.807) is 12.1 Å². The van der Waals surface area contributed by atoms with Crippen molar-refractivity contribution >= 4 is 11.0 Å². The van der Waals surface area contributed by atoms with E-state index >= 15 is 0 Å². The SMILES string of the molecule is O=c1[nH]c2ccc(CCCN3CCC(Cc4ccc(F)cc4)CC3)cc2[nH]1. The lowest BCUT2D eigenvalue weighted by Crippen LogP contribution is -2.35. The van der Waals surface area contributed by atoms with Crippen LogP contribution < -0.4 is 5.69 Å². The van der Waals surface area contributed by atoms with Crippen LogP contribution in [0.4, 0.5) is 4.39 Å². The molecule has 0 atom stereocenters. The van der Waals surface area contributed by atoms with Crippen molar-refractivity contribution in [1.82, 2.24) is 14.9 Å². The second-order valence-electron chi connectivity index (χ2n) is 7.68. The van der Waals surface area contributed by atoms with Gasteiger partial charge in [0.2, 0.25) is 0 Å². The third kappa shape index (κ3) is 4.66. The monoisotopic (exact) mass is 367 g/mol. The van der Waals surface area contributed by atoms with Gasteiger partial charge in [-0.15, -0.1) is 0 Å². The fourth-order valence-electron chi connectivity index (χ4n) is 4.11. The molecular formula is C22H26FN3O. The number of nitrogens with zero attached hydrogens (tertiary/aromatic N) is 1. The minimum atomic E-state index is -0.157. The van der Waals surface area contributed by atoms with Crippen LogP contribution in [-0.4, -0.2) is 34.5 Å². The lowest BCUT2D eigenvalue weighted by atomic mass is 9.90. The lowest BCUT2D eigenvalue weighted by Gasteiger charge is -2.32. The Morgan fingerprint density at radius 1 is 0.963 bits per heavy atom. The van der Waals surface area contributed by atoms with Crippen molar-refractivity contribution in [2.24, 2.45) is 5.92 Å². The molecule has 0 bridgehead atoms. The second kappa shape index (κ2) is 8.09. The summed E-state index contributed by atoms with van der Waals surface area (Å²) in [6.45, 7) is 3.41. The summed E-state index contributed by atoms with van der Waals surface area (Å²) >= 11 is 0. The van der Waals surface area contributed by atoms with E-state index in [2.05, 4.69) is 27.0 Å². The Labute approximate surface area is 158 Å².